The second-order valence-electron chi connectivity index (χ2n) is 13.6. The molecule has 5 atom stereocenters. The summed E-state index contributed by atoms with van der Waals surface area (Å²) in [4.78, 5) is 67.0. The minimum absolute atomic E-state index is 0.0273. The van der Waals surface area contributed by atoms with Gasteiger partial charge in [0.1, 0.15) is 17.7 Å². The van der Waals surface area contributed by atoms with Crippen molar-refractivity contribution in [3.8, 4) is 0 Å². The van der Waals surface area contributed by atoms with Crippen molar-refractivity contribution < 1.29 is 28.7 Å². The maximum Gasteiger partial charge on any atom is 0.408 e. The molecule has 0 bridgehead atoms. The Bertz CT molecular complexity index is 981. The maximum atomic E-state index is 14.3. The Kier molecular flexibility index (Phi) is 8.61. The van der Waals surface area contributed by atoms with Gasteiger partial charge < -0.3 is 26.0 Å². The minimum atomic E-state index is -1.06. The van der Waals surface area contributed by atoms with Gasteiger partial charge in [-0.05, 0) is 76.0 Å². The van der Waals surface area contributed by atoms with E-state index in [9.17, 15) is 24.0 Å². The third-order valence-electron chi connectivity index (χ3n) is 9.18. The molecule has 0 aromatic carbocycles. The topological polar surface area (TPSA) is 148 Å². The summed E-state index contributed by atoms with van der Waals surface area (Å²) in [5.41, 5.74) is 4.10. The molecule has 10 nitrogen and oxygen atoms in total. The van der Waals surface area contributed by atoms with Gasteiger partial charge in [-0.3, -0.25) is 19.2 Å². The van der Waals surface area contributed by atoms with Crippen molar-refractivity contribution in [1.82, 2.24) is 15.5 Å². The van der Waals surface area contributed by atoms with Crippen molar-refractivity contribution >= 4 is 29.6 Å². The second kappa shape index (κ2) is 11.5. The largest absolute Gasteiger partial charge is 0.444 e. The smallest absolute Gasteiger partial charge is 0.408 e. The quantitative estimate of drug-likeness (QED) is 0.379. The summed E-state index contributed by atoms with van der Waals surface area (Å²) >= 11 is 0. The lowest BCUT2D eigenvalue weighted by Crippen LogP contribution is -2.61. The fraction of sp³-hybridized carbons (Fsp3) is 0.828. The van der Waals surface area contributed by atoms with Crippen LogP contribution in [0.1, 0.15) is 98.3 Å². The first-order valence-corrected chi connectivity index (χ1v) is 14.7. The van der Waals surface area contributed by atoms with Crippen LogP contribution in [0.2, 0.25) is 0 Å². The zero-order valence-corrected chi connectivity index (χ0v) is 23.9. The normalized spacial score (nSPS) is 27.7. The molecule has 0 aromatic rings. The number of hydrogen-bond acceptors (Lipinski definition) is 6. The first kappa shape index (κ1) is 29.3. The van der Waals surface area contributed by atoms with Crippen molar-refractivity contribution in [1.29, 1.82) is 0 Å². The van der Waals surface area contributed by atoms with Crippen LogP contribution in [0.15, 0.2) is 0 Å². The number of likely N-dealkylation sites (tertiary alicyclic amines) is 1. The molecule has 0 aromatic heterocycles. The lowest BCUT2D eigenvalue weighted by atomic mass is 9.70. The minimum Gasteiger partial charge on any atom is -0.444 e. The summed E-state index contributed by atoms with van der Waals surface area (Å²) in [5.74, 6) is -2.12. The fourth-order valence-corrected chi connectivity index (χ4v) is 6.99. The van der Waals surface area contributed by atoms with Crippen LogP contribution in [0.4, 0.5) is 4.79 Å². The molecule has 10 heteroatoms. The Morgan fingerprint density at radius 3 is 2.23 bits per heavy atom. The number of nitrogens with two attached hydrogens (primary N) is 1. The number of ether oxygens (including phenoxy) is 1. The number of fused-ring (bicyclic) bond motifs is 1. The molecule has 4 rings (SSSR count). The van der Waals surface area contributed by atoms with Crippen LogP contribution in [0, 0.1) is 23.2 Å². The van der Waals surface area contributed by atoms with Crippen LogP contribution in [-0.4, -0.2) is 64.8 Å². The van der Waals surface area contributed by atoms with Crippen molar-refractivity contribution in [2.45, 2.75) is 122 Å². The van der Waals surface area contributed by atoms with Gasteiger partial charge in [0.15, 0.2) is 0 Å². The molecule has 39 heavy (non-hydrogen) atoms. The van der Waals surface area contributed by atoms with Gasteiger partial charge in [0.2, 0.25) is 17.6 Å². The van der Waals surface area contributed by atoms with Gasteiger partial charge in [0.25, 0.3) is 5.91 Å². The number of nitrogens with one attached hydrogen (secondary N) is 2. The number of alkyl carbamates (subject to hydrolysis) is 1. The Morgan fingerprint density at radius 2 is 1.64 bits per heavy atom. The molecule has 0 spiro atoms. The number of nitrogens with zero attached hydrogens (tertiary/aromatic N) is 1. The summed E-state index contributed by atoms with van der Waals surface area (Å²) in [5, 5.41) is 5.71. The Balaban J connectivity index is 1.59. The van der Waals surface area contributed by atoms with Gasteiger partial charge in [-0.1, -0.05) is 45.4 Å². The Labute approximate surface area is 231 Å². The van der Waals surface area contributed by atoms with Crippen molar-refractivity contribution in [2.24, 2.45) is 28.9 Å². The van der Waals surface area contributed by atoms with E-state index in [0.717, 1.165) is 64.2 Å². The van der Waals surface area contributed by atoms with Crippen molar-refractivity contribution in [3.63, 3.8) is 0 Å². The molecule has 0 radical (unpaired) electrons. The van der Waals surface area contributed by atoms with Gasteiger partial charge in [0.05, 0.1) is 6.04 Å². The van der Waals surface area contributed by atoms with Crippen LogP contribution in [0.3, 0.4) is 0 Å². The number of amides is 4. The summed E-state index contributed by atoms with van der Waals surface area (Å²) < 4.78 is 5.53. The molecule has 3 aliphatic carbocycles. The summed E-state index contributed by atoms with van der Waals surface area (Å²) in [6.07, 6.45) is 8.92. The number of Topliss-reactive ketones (excluding diaryl/α,β-unsaturated/α-hetero) is 1. The highest BCUT2D eigenvalue weighted by molar-refractivity contribution is 6.37. The fourth-order valence-electron chi connectivity index (χ4n) is 6.99. The number of carbonyl (C=O) groups is 5. The van der Waals surface area contributed by atoms with Crippen molar-refractivity contribution in [2.75, 3.05) is 6.54 Å². The van der Waals surface area contributed by atoms with Crippen LogP contribution < -0.4 is 16.4 Å². The van der Waals surface area contributed by atoms with Gasteiger partial charge in [-0.15, -0.1) is 0 Å². The molecule has 3 saturated carbocycles. The standard InChI is InChI=1S/C29H46N4O6/c1-28(2,3)39-27(38)32-23(29(4)13-6-5-7-14-29)26(37)33-16-18-9-8-10-19(18)21(33)25(36)31-20(15-17-11-12-17)22(34)24(30)35/h17-21,23H,5-16H2,1-4H3,(H2,30,35)(H,31,36)(H,32,38)/t18-,19-,20?,21-,23+/m0/s1. The highest BCUT2D eigenvalue weighted by Gasteiger charge is 2.53. The Morgan fingerprint density at radius 1 is 0.974 bits per heavy atom. The van der Waals surface area contributed by atoms with E-state index in [2.05, 4.69) is 10.6 Å². The predicted octanol–water partition coefficient (Wildman–Crippen LogP) is 2.82. The third kappa shape index (κ3) is 6.92. The van der Waals surface area contributed by atoms with Crippen LogP contribution >= 0.6 is 0 Å². The van der Waals surface area contributed by atoms with Crippen LogP contribution in [-0.2, 0) is 23.9 Å². The lowest BCUT2D eigenvalue weighted by Gasteiger charge is -2.42. The van der Waals surface area contributed by atoms with E-state index in [4.69, 9.17) is 10.5 Å². The second-order valence-corrected chi connectivity index (χ2v) is 13.6. The average Bonchev–Trinajstić information content (AvgIpc) is 3.41. The number of carbonyl (C=O) groups excluding carboxylic acids is 5. The Hall–Kier alpha value is -2.65. The molecule has 4 aliphatic rings. The summed E-state index contributed by atoms with van der Waals surface area (Å²) in [7, 11) is 0. The van der Waals surface area contributed by atoms with Crippen LogP contribution in [0.25, 0.3) is 0 Å². The van der Waals surface area contributed by atoms with Gasteiger partial charge in [-0.2, -0.15) is 0 Å². The molecule has 4 amide bonds. The molecular formula is C29H46N4O6. The molecule has 4 N–H and O–H groups in total. The highest BCUT2D eigenvalue weighted by atomic mass is 16.6. The van der Waals surface area contributed by atoms with Gasteiger partial charge in [0, 0.05) is 6.54 Å². The molecule has 1 heterocycles. The number of primary amides is 1. The number of rotatable bonds is 9. The summed E-state index contributed by atoms with van der Waals surface area (Å²) in [6, 6.07) is -2.58. The monoisotopic (exact) mass is 546 g/mol. The number of ketones is 1. The summed E-state index contributed by atoms with van der Waals surface area (Å²) in [6.45, 7) is 7.80. The van der Waals surface area contributed by atoms with E-state index in [0.29, 0.717) is 13.0 Å². The van der Waals surface area contributed by atoms with E-state index < -0.39 is 52.8 Å². The van der Waals surface area contributed by atoms with E-state index in [-0.39, 0.29) is 23.7 Å². The SMILES string of the molecule is CC(C)(C)OC(=O)N[C@H](C(=O)N1C[C@@H]2CCC[C@@H]2[C@H]1C(=O)NC(CC1CC1)C(=O)C(N)=O)C1(C)CCCCC1. The molecule has 1 saturated heterocycles. The highest BCUT2D eigenvalue weighted by Crippen LogP contribution is 2.45. The van der Waals surface area contributed by atoms with E-state index >= 15 is 0 Å². The zero-order valence-electron chi connectivity index (χ0n) is 23.9. The van der Waals surface area contributed by atoms with E-state index in [1.165, 1.54) is 0 Å². The van der Waals surface area contributed by atoms with Gasteiger partial charge >= 0.3 is 6.09 Å². The third-order valence-corrected chi connectivity index (χ3v) is 9.18. The first-order valence-electron chi connectivity index (χ1n) is 14.7. The molecule has 1 unspecified atom stereocenters. The predicted molar refractivity (Wildman–Crippen MR) is 144 cm³/mol. The first-order chi connectivity index (χ1) is 18.3. The molecule has 4 fully saturated rings. The van der Waals surface area contributed by atoms with E-state index in [1.54, 1.807) is 25.7 Å². The molecular weight excluding hydrogens is 500 g/mol. The molecule has 1 aliphatic heterocycles. The molecule has 218 valence electrons. The van der Waals surface area contributed by atoms with Crippen LogP contribution in [0.5, 0.6) is 0 Å². The average molecular weight is 547 g/mol. The maximum absolute atomic E-state index is 14.3. The van der Waals surface area contributed by atoms with E-state index in [1.807, 2.05) is 6.92 Å². The zero-order chi connectivity index (χ0) is 28.5. The van der Waals surface area contributed by atoms with Crippen molar-refractivity contribution in [3.05, 3.63) is 0 Å². The number of hydrogen-bond donors (Lipinski definition) is 3. The lowest BCUT2D eigenvalue weighted by molar-refractivity contribution is -0.145. The van der Waals surface area contributed by atoms with Gasteiger partial charge in [-0.25, -0.2) is 4.79 Å².